The molecule has 1 saturated carbocycles. The third kappa shape index (κ3) is 3.93. The Morgan fingerprint density at radius 2 is 1.83 bits per heavy atom. The van der Waals surface area contributed by atoms with Crippen molar-refractivity contribution in [3.05, 3.63) is 28.8 Å². The minimum absolute atomic E-state index is 0.0142. The molecule has 1 aromatic carbocycles. The van der Waals surface area contributed by atoms with Crippen molar-refractivity contribution in [3.8, 4) is 5.75 Å². The molecule has 30 heavy (non-hydrogen) atoms. The van der Waals surface area contributed by atoms with Crippen LogP contribution in [0.15, 0.2) is 12.1 Å². The van der Waals surface area contributed by atoms with Crippen LogP contribution in [0.2, 0.25) is 0 Å². The predicted octanol–water partition coefficient (Wildman–Crippen LogP) is 2.28. The number of ether oxygens (including phenoxy) is 1. The molecule has 2 saturated heterocycles. The van der Waals surface area contributed by atoms with Crippen LogP contribution in [-0.4, -0.2) is 54.7 Å². The molecule has 0 bridgehead atoms. The molecule has 164 valence electrons. The quantitative estimate of drug-likeness (QED) is 0.518. The normalized spacial score (nSPS) is 25.8. The van der Waals surface area contributed by atoms with Gasteiger partial charge in [-0.1, -0.05) is 12.1 Å². The van der Waals surface area contributed by atoms with Crippen LogP contribution in [0, 0.1) is 25.2 Å². The molecule has 3 aliphatic rings. The first kappa shape index (κ1) is 21.1. The number of hydrogen-bond donors (Lipinski definition) is 3. The standard InChI is InChI=1S/C23H33N3O4/c1-14-10-17(11-15(2)20(14)30-3)16-4-8-26(9-5-16)22(28)19-18(21(27)25-29)12-23(6-7-23)13-24-19/h10-11,16,18-19,24,29H,4-9,12-13H2,1-3H3,(H,25,27). The van der Waals surface area contributed by atoms with Crippen LogP contribution in [0.5, 0.6) is 5.75 Å². The highest BCUT2D eigenvalue weighted by atomic mass is 16.5. The number of hydroxylamine groups is 1. The van der Waals surface area contributed by atoms with Crippen molar-refractivity contribution < 1.29 is 19.5 Å². The summed E-state index contributed by atoms with van der Waals surface area (Å²) >= 11 is 0. The summed E-state index contributed by atoms with van der Waals surface area (Å²) in [6.45, 7) is 6.29. The number of nitrogens with zero attached hydrogens (tertiary/aromatic N) is 1. The number of rotatable bonds is 4. The van der Waals surface area contributed by atoms with Gasteiger partial charge in [-0.05, 0) is 74.0 Å². The fourth-order valence-corrected chi connectivity index (χ4v) is 5.44. The van der Waals surface area contributed by atoms with E-state index < -0.39 is 17.9 Å². The number of methoxy groups -OCH3 is 1. The van der Waals surface area contributed by atoms with E-state index in [1.165, 1.54) is 5.56 Å². The Labute approximate surface area is 178 Å². The largest absolute Gasteiger partial charge is 0.496 e. The minimum atomic E-state index is -0.551. The van der Waals surface area contributed by atoms with Gasteiger partial charge in [0.1, 0.15) is 5.75 Å². The number of amides is 2. The third-order valence-corrected chi connectivity index (χ3v) is 7.39. The van der Waals surface area contributed by atoms with Gasteiger partial charge in [0.05, 0.1) is 19.1 Å². The van der Waals surface area contributed by atoms with E-state index in [0.29, 0.717) is 25.4 Å². The lowest BCUT2D eigenvalue weighted by Gasteiger charge is -2.40. The van der Waals surface area contributed by atoms with E-state index >= 15 is 0 Å². The molecule has 2 amide bonds. The number of piperidine rings is 2. The lowest BCUT2D eigenvalue weighted by molar-refractivity contribution is -0.145. The zero-order valence-corrected chi connectivity index (χ0v) is 18.2. The lowest BCUT2D eigenvalue weighted by Crippen LogP contribution is -2.59. The highest BCUT2D eigenvalue weighted by Gasteiger charge is 2.52. The summed E-state index contributed by atoms with van der Waals surface area (Å²) in [6, 6.07) is 3.85. The van der Waals surface area contributed by atoms with Gasteiger partial charge in [0.25, 0.3) is 0 Å². The van der Waals surface area contributed by atoms with Crippen molar-refractivity contribution in [2.24, 2.45) is 11.3 Å². The zero-order valence-electron chi connectivity index (χ0n) is 18.2. The fraction of sp³-hybridized carbons (Fsp3) is 0.652. The van der Waals surface area contributed by atoms with E-state index in [4.69, 9.17) is 9.94 Å². The van der Waals surface area contributed by atoms with Crippen LogP contribution in [0.3, 0.4) is 0 Å². The Kier molecular flexibility index (Phi) is 5.77. The Morgan fingerprint density at radius 1 is 1.20 bits per heavy atom. The second-order valence-corrected chi connectivity index (χ2v) is 9.43. The maximum atomic E-state index is 13.2. The zero-order chi connectivity index (χ0) is 21.5. The van der Waals surface area contributed by atoms with Crippen LogP contribution < -0.4 is 15.5 Å². The average Bonchev–Trinajstić information content (AvgIpc) is 3.51. The Balaban J connectivity index is 1.41. The van der Waals surface area contributed by atoms with Gasteiger partial charge in [-0.2, -0.15) is 0 Å². The van der Waals surface area contributed by atoms with Gasteiger partial charge < -0.3 is 15.0 Å². The first-order valence-corrected chi connectivity index (χ1v) is 11.0. The Bertz CT molecular complexity index is 805. The molecule has 4 rings (SSSR count). The van der Waals surface area contributed by atoms with Crippen LogP contribution in [0.1, 0.15) is 54.7 Å². The molecule has 2 atom stereocenters. The highest BCUT2D eigenvalue weighted by Crippen LogP contribution is 2.52. The van der Waals surface area contributed by atoms with E-state index in [9.17, 15) is 9.59 Å². The molecule has 1 aliphatic carbocycles. The monoisotopic (exact) mass is 415 g/mol. The van der Waals surface area contributed by atoms with E-state index in [0.717, 1.165) is 49.1 Å². The lowest BCUT2D eigenvalue weighted by atomic mass is 9.80. The summed E-state index contributed by atoms with van der Waals surface area (Å²) in [4.78, 5) is 27.4. The van der Waals surface area contributed by atoms with Gasteiger partial charge in [0, 0.05) is 19.6 Å². The molecule has 3 fully saturated rings. The summed E-state index contributed by atoms with van der Waals surface area (Å²) in [5.41, 5.74) is 5.51. The number of aryl methyl sites for hydroxylation is 2. The van der Waals surface area contributed by atoms with Gasteiger partial charge in [-0.25, -0.2) is 5.48 Å². The molecule has 1 spiro atoms. The number of nitrogens with one attached hydrogen (secondary N) is 2. The molecule has 2 unspecified atom stereocenters. The Hall–Kier alpha value is -2.12. The maximum absolute atomic E-state index is 13.2. The van der Waals surface area contributed by atoms with E-state index in [2.05, 4.69) is 31.3 Å². The summed E-state index contributed by atoms with van der Waals surface area (Å²) in [6.07, 6.45) is 4.66. The van der Waals surface area contributed by atoms with Crippen LogP contribution in [0.4, 0.5) is 0 Å². The maximum Gasteiger partial charge on any atom is 0.248 e. The number of benzene rings is 1. The van der Waals surface area contributed by atoms with Crippen molar-refractivity contribution in [2.45, 2.75) is 57.9 Å². The number of hydrogen-bond acceptors (Lipinski definition) is 5. The van der Waals surface area contributed by atoms with E-state index in [1.54, 1.807) is 12.6 Å². The SMILES string of the molecule is COc1c(C)cc(C2CCN(C(=O)C3NCC4(CC4)CC3C(=O)NO)CC2)cc1C. The first-order valence-electron chi connectivity index (χ1n) is 11.0. The van der Waals surface area contributed by atoms with Crippen LogP contribution in [-0.2, 0) is 9.59 Å². The number of likely N-dealkylation sites (tertiary alicyclic amines) is 1. The van der Waals surface area contributed by atoms with Crippen molar-refractivity contribution in [1.29, 1.82) is 0 Å². The topological polar surface area (TPSA) is 90.9 Å². The van der Waals surface area contributed by atoms with Crippen LogP contribution >= 0.6 is 0 Å². The van der Waals surface area contributed by atoms with Gasteiger partial charge in [-0.3, -0.25) is 14.8 Å². The molecule has 1 aromatic rings. The summed E-state index contributed by atoms with van der Waals surface area (Å²) in [5, 5.41) is 12.5. The predicted molar refractivity (Wildman–Crippen MR) is 113 cm³/mol. The van der Waals surface area contributed by atoms with Crippen LogP contribution in [0.25, 0.3) is 0 Å². The van der Waals surface area contributed by atoms with Gasteiger partial charge in [0.15, 0.2) is 0 Å². The summed E-state index contributed by atoms with van der Waals surface area (Å²) in [7, 11) is 1.70. The molecule has 7 heteroatoms. The van der Waals surface area contributed by atoms with E-state index in [1.807, 2.05) is 4.90 Å². The Morgan fingerprint density at radius 3 is 2.37 bits per heavy atom. The average molecular weight is 416 g/mol. The van der Waals surface area contributed by atoms with Gasteiger partial charge in [0.2, 0.25) is 11.8 Å². The smallest absolute Gasteiger partial charge is 0.248 e. The fourth-order valence-electron chi connectivity index (χ4n) is 5.44. The van der Waals surface area contributed by atoms with Crippen molar-refractivity contribution in [1.82, 2.24) is 15.7 Å². The summed E-state index contributed by atoms with van der Waals surface area (Å²) < 4.78 is 5.48. The number of carbonyl (C=O) groups excluding carboxylic acids is 2. The molecular weight excluding hydrogens is 382 g/mol. The first-order chi connectivity index (χ1) is 14.4. The molecular formula is C23H33N3O4. The molecule has 2 heterocycles. The second kappa shape index (κ2) is 8.19. The molecule has 2 aliphatic heterocycles. The number of carbonyl (C=O) groups is 2. The van der Waals surface area contributed by atoms with E-state index in [-0.39, 0.29) is 11.3 Å². The minimum Gasteiger partial charge on any atom is -0.496 e. The van der Waals surface area contributed by atoms with Gasteiger partial charge in [-0.15, -0.1) is 0 Å². The summed E-state index contributed by atoms with van der Waals surface area (Å²) in [5.74, 6) is 0.383. The molecule has 7 nitrogen and oxygen atoms in total. The van der Waals surface area contributed by atoms with Gasteiger partial charge >= 0.3 is 0 Å². The second-order valence-electron chi connectivity index (χ2n) is 9.43. The van der Waals surface area contributed by atoms with Crippen molar-refractivity contribution in [3.63, 3.8) is 0 Å². The molecule has 0 radical (unpaired) electrons. The molecule has 3 N–H and O–H groups in total. The highest BCUT2D eigenvalue weighted by molar-refractivity contribution is 5.90. The van der Waals surface area contributed by atoms with Crippen molar-refractivity contribution >= 4 is 11.8 Å². The van der Waals surface area contributed by atoms with Crippen molar-refractivity contribution in [2.75, 3.05) is 26.7 Å². The third-order valence-electron chi connectivity index (χ3n) is 7.39. The molecule has 0 aromatic heterocycles.